The average Bonchev–Trinajstić information content (AvgIpc) is 2.79. The molecule has 1 aromatic carbocycles. The Bertz CT molecular complexity index is 469. The van der Waals surface area contributed by atoms with E-state index in [0.717, 1.165) is 12.0 Å². The summed E-state index contributed by atoms with van der Waals surface area (Å²) in [7, 11) is 0. The zero-order chi connectivity index (χ0) is 13.3. The van der Waals surface area contributed by atoms with Crippen LogP contribution in [0.2, 0.25) is 0 Å². The quantitative estimate of drug-likeness (QED) is 0.893. The predicted octanol–water partition coefficient (Wildman–Crippen LogP) is 2.09. The Balaban J connectivity index is 2.33. The minimum absolute atomic E-state index is 0.00292. The third kappa shape index (κ3) is 2.01. The Morgan fingerprint density at radius 1 is 1.56 bits per heavy atom. The van der Waals surface area contributed by atoms with Crippen LogP contribution < -0.4 is 10.6 Å². The number of halogens is 1. The number of benzene rings is 1. The van der Waals surface area contributed by atoms with Crippen molar-refractivity contribution in [3.63, 3.8) is 0 Å². The van der Waals surface area contributed by atoms with Gasteiger partial charge in [-0.15, -0.1) is 0 Å². The molecule has 1 atom stereocenters. The highest BCUT2D eigenvalue weighted by atomic mass is 19.1. The van der Waals surface area contributed by atoms with Crippen LogP contribution in [0, 0.1) is 11.2 Å². The van der Waals surface area contributed by atoms with Gasteiger partial charge in [-0.2, -0.15) is 0 Å². The molecule has 0 radical (unpaired) electrons. The number of nitrogens with zero attached hydrogens (tertiary/aromatic N) is 1. The van der Waals surface area contributed by atoms with Gasteiger partial charge in [0, 0.05) is 18.8 Å². The fourth-order valence-electron chi connectivity index (χ4n) is 2.27. The van der Waals surface area contributed by atoms with Gasteiger partial charge in [-0.1, -0.05) is 13.0 Å². The van der Waals surface area contributed by atoms with Gasteiger partial charge in [0.05, 0.1) is 5.41 Å². The van der Waals surface area contributed by atoms with Gasteiger partial charge in [0.25, 0.3) is 0 Å². The normalized spacial score (nSPS) is 17.4. The highest BCUT2D eigenvalue weighted by molar-refractivity contribution is 5.99. The Kier molecular flexibility index (Phi) is 3.39. The molecule has 0 aromatic heterocycles. The maximum absolute atomic E-state index is 13.3. The molecule has 2 rings (SSSR count). The van der Waals surface area contributed by atoms with E-state index in [-0.39, 0.29) is 11.7 Å². The number of carbonyl (C=O) groups is 1. The summed E-state index contributed by atoms with van der Waals surface area (Å²) < 4.78 is 13.3. The molecule has 0 bridgehead atoms. The van der Waals surface area contributed by atoms with Crippen LogP contribution in [0.5, 0.6) is 0 Å². The lowest BCUT2D eigenvalue weighted by molar-refractivity contribution is -0.127. The SMILES string of the molecule is CCC(C)(CN)C(=O)N1CCc2ccc(F)cc21. The van der Waals surface area contributed by atoms with E-state index in [1.807, 2.05) is 13.8 Å². The smallest absolute Gasteiger partial charge is 0.234 e. The molecule has 1 heterocycles. The van der Waals surface area contributed by atoms with Crippen LogP contribution in [0.4, 0.5) is 10.1 Å². The zero-order valence-electron chi connectivity index (χ0n) is 10.9. The molecule has 0 saturated heterocycles. The molecular weight excluding hydrogens is 231 g/mol. The van der Waals surface area contributed by atoms with Gasteiger partial charge < -0.3 is 10.6 Å². The van der Waals surface area contributed by atoms with Crippen molar-refractivity contribution < 1.29 is 9.18 Å². The maximum atomic E-state index is 13.3. The Morgan fingerprint density at radius 2 is 2.28 bits per heavy atom. The van der Waals surface area contributed by atoms with Crippen LogP contribution in [0.3, 0.4) is 0 Å². The minimum atomic E-state index is -0.562. The molecule has 0 aliphatic carbocycles. The lowest BCUT2D eigenvalue weighted by Crippen LogP contribution is -2.45. The van der Waals surface area contributed by atoms with Gasteiger partial charge in [-0.05, 0) is 37.5 Å². The summed E-state index contributed by atoms with van der Waals surface area (Å²) in [6.07, 6.45) is 1.47. The van der Waals surface area contributed by atoms with Crippen LogP contribution >= 0.6 is 0 Å². The molecule has 1 aliphatic rings. The van der Waals surface area contributed by atoms with Crippen molar-refractivity contribution >= 4 is 11.6 Å². The predicted molar refractivity (Wildman–Crippen MR) is 69.9 cm³/mol. The van der Waals surface area contributed by atoms with E-state index in [4.69, 9.17) is 5.73 Å². The first-order chi connectivity index (χ1) is 8.51. The third-order valence-corrected chi connectivity index (χ3v) is 3.94. The van der Waals surface area contributed by atoms with E-state index >= 15 is 0 Å². The number of carbonyl (C=O) groups excluding carboxylic acids is 1. The summed E-state index contributed by atoms with van der Waals surface area (Å²) in [5.41, 5.74) is 6.88. The highest BCUT2D eigenvalue weighted by Crippen LogP contribution is 2.33. The van der Waals surface area contributed by atoms with Crippen LogP contribution in [0.25, 0.3) is 0 Å². The molecule has 1 unspecified atom stereocenters. The first kappa shape index (κ1) is 13.0. The molecule has 0 saturated carbocycles. The molecule has 1 aliphatic heterocycles. The summed E-state index contributed by atoms with van der Waals surface area (Å²) in [6.45, 7) is 4.75. The molecule has 0 spiro atoms. The highest BCUT2D eigenvalue weighted by Gasteiger charge is 2.37. The summed E-state index contributed by atoms with van der Waals surface area (Å²) in [6, 6.07) is 4.63. The van der Waals surface area contributed by atoms with Crippen LogP contribution in [0.1, 0.15) is 25.8 Å². The van der Waals surface area contributed by atoms with E-state index in [1.54, 1.807) is 11.0 Å². The topological polar surface area (TPSA) is 46.3 Å². The van der Waals surface area contributed by atoms with E-state index in [0.29, 0.717) is 25.2 Å². The molecule has 3 nitrogen and oxygen atoms in total. The number of rotatable bonds is 3. The molecule has 0 fully saturated rings. The Morgan fingerprint density at radius 3 is 2.89 bits per heavy atom. The second-order valence-electron chi connectivity index (χ2n) is 5.10. The maximum Gasteiger partial charge on any atom is 0.234 e. The van der Waals surface area contributed by atoms with Crippen molar-refractivity contribution in [1.29, 1.82) is 0 Å². The average molecular weight is 250 g/mol. The van der Waals surface area contributed by atoms with Crippen molar-refractivity contribution in [2.24, 2.45) is 11.1 Å². The Labute approximate surface area is 107 Å². The first-order valence-corrected chi connectivity index (χ1v) is 6.32. The lowest BCUT2D eigenvalue weighted by atomic mass is 9.86. The molecule has 4 heteroatoms. The van der Waals surface area contributed by atoms with Crippen molar-refractivity contribution in [2.75, 3.05) is 18.0 Å². The standard InChI is InChI=1S/C14H19FN2O/c1-3-14(2,9-16)13(18)17-7-6-10-4-5-11(15)8-12(10)17/h4-5,8H,3,6-7,9,16H2,1-2H3. The monoisotopic (exact) mass is 250 g/mol. The minimum Gasteiger partial charge on any atom is -0.329 e. The fraction of sp³-hybridized carbons (Fsp3) is 0.500. The van der Waals surface area contributed by atoms with E-state index in [1.165, 1.54) is 12.1 Å². The number of fused-ring (bicyclic) bond motifs is 1. The zero-order valence-corrected chi connectivity index (χ0v) is 10.9. The van der Waals surface area contributed by atoms with Crippen molar-refractivity contribution in [2.45, 2.75) is 26.7 Å². The van der Waals surface area contributed by atoms with Gasteiger partial charge in [0.2, 0.25) is 5.91 Å². The van der Waals surface area contributed by atoms with Crippen molar-refractivity contribution in [3.8, 4) is 0 Å². The van der Waals surface area contributed by atoms with E-state index in [2.05, 4.69) is 0 Å². The molecule has 2 N–H and O–H groups in total. The van der Waals surface area contributed by atoms with Gasteiger partial charge in [-0.3, -0.25) is 4.79 Å². The Hall–Kier alpha value is -1.42. The second-order valence-corrected chi connectivity index (χ2v) is 5.10. The number of amides is 1. The summed E-state index contributed by atoms with van der Waals surface area (Å²) in [5, 5.41) is 0. The molecule has 18 heavy (non-hydrogen) atoms. The van der Waals surface area contributed by atoms with Crippen molar-refractivity contribution in [1.82, 2.24) is 0 Å². The number of hydrogen-bond acceptors (Lipinski definition) is 2. The number of anilines is 1. The molecule has 1 aromatic rings. The van der Waals surface area contributed by atoms with Gasteiger partial charge in [-0.25, -0.2) is 4.39 Å². The van der Waals surface area contributed by atoms with E-state index in [9.17, 15) is 9.18 Å². The van der Waals surface area contributed by atoms with Crippen LogP contribution in [0.15, 0.2) is 18.2 Å². The number of nitrogens with two attached hydrogens (primary N) is 1. The largest absolute Gasteiger partial charge is 0.329 e. The fourth-order valence-corrected chi connectivity index (χ4v) is 2.27. The molecular formula is C14H19FN2O. The summed E-state index contributed by atoms with van der Waals surface area (Å²) >= 11 is 0. The van der Waals surface area contributed by atoms with Crippen molar-refractivity contribution in [3.05, 3.63) is 29.6 Å². The second kappa shape index (κ2) is 4.69. The molecule has 98 valence electrons. The van der Waals surface area contributed by atoms with Gasteiger partial charge >= 0.3 is 0 Å². The first-order valence-electron chi connectivity index (χ1n) is 6.32. The summed E-state index contributed by atoms with van der Waals surface area (Å²) in [4.78, 5) is 14.2. The molecule has 1 amide bonds. The summed E-state index contributed by atoms with van der Waals surface area (Å²) in [5.74, 6) is -0.309. The lowest BCUT2D eigenvalue weighted by Gasteiger charge is -2.30. The van der Waals surface area contributed by atoms with Gasteiger partial charge in [0.1, 0.15) is 5.82 Å². The number of hydrogen-bond donors (Lipinski definition) is 1. The third-order valence-electron chi connectivity index (χ3n) is 3.94. The van der Waals surface area contributed by atoms with Crippen LogP contribution in [-0.4, -0.2) is 19.0 Å². The van der Waals surface area contributed by atoms with Gasteiger partial charge in [0.15, 0.2) is 0 Å². The van der Waals surface area contributed by atoms with E-state index < -0.39 is 5.41 Å². The van der Waals surface area contributed by atoms with Crippen LogP contribution in [-0.2, 0) is 11.2 Å².